The smallest absolute Gasteiger partial charge is 0.252 e. The van der Waals surface area contributed by atoms with Crippen molar-refractivity contribution in [1.29, 1.82) is 0 Å². The molecular formula is C27H28N2O4. The average Bonchev–Trinajstić information content (AvgIpc) is 3.20. The Bertz CT molecular complexity index is 1120. The zero-order valence-corrected chi connectivity index (χ0v) is 18.8. The van der Waals surface area contributed by atoms with Gasteiger partial charge in [0.15, 0.2) is 0 Å². The molecule has 1 aliphatic heterocycles. The Balaban J connectivity index is 1.53. The van der Waals surface area contributed by atoms with E-state index in [0.717, 1.165) is 29.0 Å². The predicted octanol–water partition coefficient (Wildman–Crippen LogP) is 4.20. The average molecular weight is 445 g/mol. The normalized spacial score (nSPS) is 15.2. The van der Waals surface area contributed by atoms with Gasteiger partial charge in [-0.3, -0.25) is 9.59 Å². The highest BCUT2D eigenvalue weighted by Gasteiger charge is 2.25. The number of hydrogen-bond donors (Lipinski definition) is 2. The van der Waals surface area contributed by atoms with Gasteiger partial charge in [0, 0.05) is 29.7 Å². The molecule has 170 valence electrons. The van der Waals surface area contributed by atoms with Gasteiger partial charge < -0.3 is 20.1 Å². The van der Waals surface area contributed by atoms with Crippen LogP contribution in [0, 0.1) is 0 Å². The minimum Gasteiger partial charge on any atom is -0.494 e. The molecule has 0 radical (unpaired) electrons. The van der Waals surface area contributed by atoms with Crippen LogP contribution in [-0.2, 0) is 17.8 Å². The number of rotatable bonds is 8. The van der Waals surface area contributed by atoms with Crippen molar-refractivity contribution in [2.45, 2.75) is 39.0 Å². The number of fused-ring (bicyclic) bond motifs is 1. The van der Waals surface area contributed by atoms with Crippen molar-refractivity contribution < 1.29 is 19.1 Å². The van der Waals surface area contributed by atoms with Gasteiger partial charge in [-0.05, 0) is 43.7 Å². The lowest BCUT2D eigenvalue weighted by atomic mass is 10.0. The van der Waals surface area contributed by atoms with Gasteiger partial charge in [0.1, 0.15) is 23.6 Å². The van der Waals surface area contributed by atoms with E-state index in [-0.39, 0.29) is 24.5 Å². The number of carbonyl (C=O) groups excluding carboxylic acids is 2. The quantitative estimate of drug-likeness (QED) is 0.546. The van der Waals surface area contributed by atoms with Gasteiger partial charge >= 0.3 is 0 Å². The number of amides is 2. The highest BCUT2D eigenvalue weighted by Crippen LogP contribution is 2.35. The first-order valence-corrected chi connectivity index (χ1v) is 11.2. The number of hydrogen-bond acceptors (Lipinski definition) is 4. The Kier molecular flexibility index (Phi) is 6.93. The molecule has 0 saturated heterocycles. The minimum atomic E-state index is -0.833. The molecule has 3 aromatic rings. The minimum absolute atomic E-state index is 0.120. The molecule has 2 amide bonds. The van der Waals surface area contributed by atoms with E-state index in [4.69, 9.17) is 9.47 Å². The van der Waals surface area contributed by atoms with Gasteiger partial charge in [0.05, 0.1) is 6.61 Å². The molecular weight excluding hydrogens is 416 g/mol. The third-order valence-electron chi connectivity index (χ3n) is 5.54. The van der Waals surface area contributed by atoms with E-state index in [1.165, 1.54) is 0 Å². The first-order chi connectivity index (χ1) is 16.0. The number of benzene rings is 3. The summed E-state index contributed by atoms with van der Waals surface area (Å²) in [4.78, 5) is 26.0. The Labute approximate surface area is 193 Å². The van der Waals surface area contributed by atoms with Gasteiger partial charge in [-0.1, -0.05) is 48.5 Å². The standard InChI is InChI=1S/C27H28N2O4/c1-3-32-23-15-21-14-18(2)33-24(21)16-22(23)17-28-27(31)25(19-10-6-4-7-11-19)29-26(30)20-12-8-5-9-13-20/h4-13,15-16,18,25H,3,14,17H2,1-2H3,(H,28,31)(H,29,30)/t18-,25-/m0/s1. The Hall–Kier alpha value is -3.80. The van der Waals surface area contributed by atoms with Crippen LogP contribution in [0.25, 0.3) is 0 Å². The molecule has 0 fully saturated rings. The highest BCUT2D eigenvalue weighted by molar-refractivity contribution is 5.97. The lowest BCUT2D eigenvalue weighted by Crippen LogP contribution is -2.40. The van der Waals surface area contributed by atoms with Crippen LogP contribution in [-0.4, -0.2) is 24.5 Å². The van der Waals surface area contributed by atoms with Gasteiger partial charge in [-0.2, -0.15) is 0 Å². The molecule has 3 aromatic carbocycles. The Morgan fingerprint density at radius 3 is 2.45 bits per heavy atom. The van der Waals surface area contributed by atoms with Crippen molar-refractivity contribution in [3.8, 4) is 11.5 Å². The fourth-order valence-corrected chi connectivity index (χ4v) is 3.94. The maximum absolute atomic E-state index is 13.2. The fraction of sp³-hybridized carbons (Fsp3) is 0.259. The van der Waals surface area contributed by atoms with Crippen LogP contribution in [0.1, 0.15) is 46.9 Å². The largest absolute Gasteiger partial charge is 0.494 e. The van der Waals surface area contributed by atoms with E-state index in [9.17, 15) is 9.59 Å². The fourth-order valence-electron chi connectivity index (χ4n) is 3.94. The van der Waals surface area contributed by atoms with E-state index in [2.05, 4.69) is 10.6 Å². The van der Waals surface area contributed by atoms with Crippen LogP contribution in [0.2, 0.25) is 0 Å². The molecule has 1 heterocycles. The summed E-state index contributed by atoms with van der Waals surface area (Å²) in [5.41, 5.74) is 3.14. The third kappa shape index (κ3) is 5.34. The summed E-state index contributed by atoms with van der Waals surface area (Å²) in [5, 5.41) is 5.83. The predicted molar refractivity (Wildman–Crippen MR) is 126 cm³/mol. The van der Waals surface area contributed by atoms with Crippen LogP contribution >= 0.6 is 0 Å². The summed E-state index contributed by atoms with van der Waals surface area (Å²) in [5.74, 6) is 0.947. The van der Waals surface area contributed by atoms with Crippen molar-refractivity contribution in [1.82, 2.24) is 10.6 Å². The van der Waals surface area contributed by atoms with Crippen molar-refractivity contribution >= 4 is 11.8 Å². The summed E-state index contributed by atoms with van der Waals surface area (Å²) in [7, 11) is 0. The molecule has 33 heavy (non-hydrogen) atoms. The Morgan fingerprint density at radius 2 is 1.76 bits per heavy atom. The number of nitrogens with one attached hydrogen (secondary N) is 2. The first kappa shape index (κ1) is 22.4. The van der Waals surface area contributed by atoms with Gasteiger partial charge in [-0.15, -0.1) is 0 Å². The molecule has 0 unspecified atom stereocenters. The molecule has 6 heteroatoms. The van der Waals surface area contributed by atoms with E-state index in [0.29, 0.717) is 17.7 Å². The van der Waals surface area contributed by atoms with Gasteiger partial charge in [0.2, 0.25) is 5.91 Å². The molecule has 0 spiro atoms. The molecule has 6 nitrogen and oxygen atoms in total. The van der Waals surface area contributed by atoms with Crippen molar-refractivity contribution in [3.05, 3.63) is 95.1 Å². The van der Waals surface area contributed by atoms with Gasteiger partial charge in [0.25, 0.3) is 5.91 Å². The molecule has 0 saturated carbocycles. The zero-order valence-electron chi connectivity index (χ0n) is 18.8. The maximum Gasteiger partial charge on any atom is 0.252 e. The van der Waals surface area contributed by atoms with Crippen LogP contribution in [0.3, 0.4) is 0 Å². The van der Waals surface area contributed by atoms with Crippen LogP contribution in [0.5, 0.6) is 11.5 Å². The van der Waals surface area contributed by atoms with E-state index >= 15 is 0 Å². The van der Waals surface area contributed by atoms with Crippen LogP contribution < -0.4 is 20.1 Å². The van der Waals surface area contributed by atoms with E-state index in [1.54, 1.807) is 24.3 Å². The molecule has 1 aliphatic rings. The molecule has 0 bridgehead atoms. The lowest BCUT2D eigenvalue weighted by Gasteiger charge is -2.20. The maximum atomic E-state index is 13.2. The molecule has 2 atom stereocenters. The molecule has 0 aliphatic carbocycles. The highest BCUT2D eigenvalue weighted by atomic mass is 16.5. The second-order valence-electron chi connectivity index (χ2n) is 8.03. The lowest BCUT2D eigenvalue weighted by molar-refractivity contribution is -0.123. The van der Waals surface area contributed by atoms with Crippen molar-refractivity contribution in [3.63, 3.8) is 0 Å². The van der Waals surface area contributed by atoms with E-state index in [1.807, 2.05) is 62.4 Å². The summed E-state index contributed by atoms with van der Waals surface area (Å²) < 4.78 is 11.7. The van der Waals surface area contributed by atoms with Crippen molar-refractivity contribution in [2.24, 2.45) is 0 Å². The molecule has 0 aromatic heterocycles. The first-order valence-electron chi connectivity index (χ1n) is 11.2. The number of ether oxygens (including phenoxy) is 2. The second-order valence-corrected chi connectivity index (χ2v) is 8.03. The SMILES string of the molecule is CCOc1cc2c(cc1CNC(=O)[C@@H](NC(=O)c1ccccc1)c1ccccc1)O[C@@H](C)C2. The van der Waals surface area contributed by atoms with E-state index < -0.39 is 6.04 Å². The molecule has 4 rings (SSSR count). The summed E-state index contributed by atoms with van der Waals surface area (Å²) >= 11 is 0. The second kappa shape index (κ2) is 10.2. The zero-order chi connectivity index (χ0) is 23.2. The van der Waals surface area contributed by atoms with Crippen LogP contribution in [0.15, 0.2) is 72.8 Å². The number of carbonyl (C=O) groups is 2. The Morgan fingerprint density at radius 1 is 1.06 bits per heavy atom. The van der Waals surface area contributed by atoms with Gasteiger partial charge in [-0.25, -0.2) is 0 Å². The summed E-state index contributed by atoms with van der Waals surface area (Å²) in [6, 6.07) is 21.2. The topological polar surface area (TPSA) is 76.7 Å². The summed E-state index contributed by atoms with van der Waals surface area (Å²) in [6.07, 6.45) is 0.957. The third-order valence-corrected chi connectivity index (χ3v) is 5.54. The monoisotopic (exact) mass is 444 g/mol. The summed E-state index contributed by atoms with van der Waals surface area (Å²) in [6.45, 7) is 4.74. The van der Waals surface area contributed by atoms with Crippen molar-refractivity contribution in [2.75, 3.05) is 6.61 Å². The van der Waals surface area contributed by atoms with Crippen LogP contribution in [0.4, 0.5) is 0 Å². The molecule has 2 N–H and O–H groups in total.